The van der Waals surface area contributed by atoms with Gasteiger partial charge in [0.25, 0.3) is 0 Å². The fourth-order valence-electron chi connectivity index (χ4n) is 2.81. The zero-order chi connectivity index (χ0) is 11.7. The molecular formula is C13H22N2O. The van der Waals surface area contributed by atoms with Crippen LogP contribution in [0.15, 0.2) is 16.5 Å². The fraction of sp³-hybridized carbons (Fsp3) is 0.692. The van der Waals surface area contributed by atoms with Crippen LogP contribution in [0.2, 0.25) is 0 Å². The molecule has 3 heteroatoms. The van der Waals surface area contributed by atoms with Crippen LogP contribution < -0.4 is 5.73 Å². The smallest absolute Gasteiger partial charge is 0.122 e. The molecule has 2 rings (SSSR count). The number of hydrogen-bond acceptors (Lipinski definition) is 3. The molecule has 2 N–H and O–H groups in total. The quantitative estimate of drug-likeness (QED) is 0.853. The van der Waals surface area contributed by atoms with Crippen LogP contribution in [0.3, 0.4) is 0 Å². The van der Waals surface area contributed by atoms with Gasteiger partial charge in [-0.2, -0.15) is 0 Å². The van der Waals surface area contributed by atoms with Crippen LogP contribution in [-0.2, 0) is 0 Å². The van der Waals surface area contributed by atoms with Gasteiger partial charge in [-0.1, -0.05) is 6.92 Å². The summed E-state index contributed by atoms with van der Waals surface area (Å²) in [7, 11) is 0. The van der Waals surface area contributed by atoms with Crippen LogP contribution in [0.1, 0.15) is 37.8 Å². The summed E-state index contributed by atoms with van der Waals surface area (Å²) in [5, 5.41) is 0. The summed E-state index contributed by atoms with van der Waals surface area (Å²) in [5.74, 6) is 2.74. The lowest BCUT2D eigenvalue weighted by Crippen LogP contribution is -2.36. The second kappa shape index (κ2) is 4.60. The second-order valence-corrected chi connectivity index (χ2v) is 5.09. The van der Waals surface area contributed by atoms with Gasteiger partial charge in [0.2, 0.25) is 0 Å². The number of furan rings is 1. The topological polar surface area (TPSA) is 42.4 Å². The molecule has 0 bridgehead atoms. The summed E-state index contributed by atoms with van der Waals surface area (Å²) in [4.78, 5) is 2.48. The maximum absolute atomic E-state index is 5.90. The third-order valence-corrected chi connectivity index (χ3v) is 3.55. The van der Waals surface area contributed by atoms with Crippen molar-refractivity contribution < 1.29 is 4.42 Å². The number of hydrogen-bond donors (Lipinski definition) is 1. The third-order valence-electron chi connectivity index (χ3n) is 3.55. The Kier molecular flexibility index (Phi) is 3.36. The van der Waals surface area contributed by atoms with E-state index in [1.54, 1.807) is 0 Å². The molecule has 1 aliphatic rings. The summed E-state index contributed by atoms with van der Waals surface area (Å²) in [5.41, 5.74) is 5.90. The molecule has 16 heavy (non-hydrogen) atoms. The van der Waals surface area contributed by atoms with Gasteiger partial charge in [-0.15, -0.1) is 0 Å². The maximum Gasteiger partial charge on any atom is 0.122 e. The van der Waals surface area contributed by atoms with Crippen molar-refractivity contribution in [1.29, 1.82) is 0 Å². The Morgan fingerprint density at radius 3 is 2.69 bits per heavy atom. The van der Waals surface area contributed by atoms with E-state index < -0.39 is 0 Å². The molecule has 2 heterocycles. The molecule has 3 atom stereocenters. The van der Waals surface area contributed by atoms with Crippen molar-refractivity contribution in [2.75, 3.05) is 13.1 Å². The van der Waals surface area contributed by atoms with E-state index in [-0.39, 0.29) is 6.04 Å². The van der Waals surface area contributed by atoms with Gasteiger partial charge >= 0.3 is 0 Å². The minimum absolute atomic E-state index is 0.244. The zero-order valence-corrected chi connectivity index (χ0v) is 10.4. The van der Waals surface area contributed by atoms with Crippen molar-refractivity contribution in [1.82, 2.24) is 4.90 Å². The zero-order valence-electron chi connectivity index (χ0n) is 10.4. The van der Waals surface area contributed by atoms with Gasteiger partial charge in [-0.3, -0.25) is 4.90 Å². The summed E-state index contributed by atoms with van der Waals surface area (Å²) in [6, 6.07) is 4.92. The first-order valence-corrected chi connectivity index (χ1v) is 6.14. The molecular weight excluding hydrogens is 200 g/mol. The average molecular weight is 222 g/mol. The Labute approximate surface area is 97.6 Å². The van der Waals surface area contributed by atoms with Gasteiger partial charge in [0, 0.05) is 19.1 Å². The molecule has 0 aromatic carbocycles. The van der Waals surface area contributed by atoms with E-state index in [1.165, 1.54) is 6.42 Å². The predicted molar refractivity (Wildman–Crippen MR) is 65.2 cm³/mol. The van der Waals surface area contributed by atoms with Crippen LogP contribution in [0, 0.1) is 12.8 Å². The largest absolute Gasteiger partial charge is 0.465 e. The molecule has 1 saturated heterocycles. The van der Waals surface area contributed by atoms with Gasteiger partial charge in [0.05, 0.1) is 6.04 Å². The Balaban J connectivity index is 2.16. The van der Waals surface area contributed by atoms with Crippen molar-refractivity contribution in [3.63, 3.8) is 0 Å². The van der Waals surface area contributed by atoms with E-state index in [1.807, 2.05) is 13.0 Å². The van der Waals surface area contributed by atoms with Crippen LogP contribution in [0.25, 0.3) is 0 Å². The van der Waals surface area contributed by atoms with Gasteiger partial charge < -0.3 is 10.2 Å². The van der Waals surface area contributed by atoms with Crippen molar-refractivity contribution >= 4 is 0 Å². The van der Waals surface area contributed by atoms with E-state index in [4.69, 9.17) is 10.2 Å². The van der Waals surface area contributed by atoms with Crippen molar-refractivity contribution in [2.24, 2.45) is 11.7 Å². The Morgan fingerprint density at radius 1 is 1.50 bits per heavy atom. The second-order valence-electron chi connectivity index (χ2n) is 5.09. The Morgan fingerprint density at radius 2 is 2.25 bits per heavy atom. The lowest BCUT2D eigenvalue weighted by atomic mass is 10.1. The molecule has 0 radical (unpaired) electrons. The van der Waals surface area contributed by atoms with E-state index in [2.05, 4.69) is 24.8 Å². The van der Waals surface area contributed by atoms with E-state index >= 15 is 0 Å². The number of likely N-dealkylation sites (tertiary alicyclic amines) is 1. The molecule has 0 aliphatic carbocycles. The van der Waals surface area contributed by atoms with Crippen molar-refractivity contribution in [3.05, 3.63) is 23.7 Å². The number of nitrogens with two attached hydrogens (primary N) is 1. The van der Waals surface area contributed by atoms with Crippen LogP contribution >= 0.6 is 0 Å². The van der Waals surface area contributed by atoms with Gasteiger partial charge in [-0.05, 0) is 38.3 Å². The van der Waals surface area contributed by atoms with Crippen molar-refractivity contribution in [2.45, 2.75) is 39.3 Å². The molecule has 3 unspecified atom stereocenters. The molecule has 1 fully saturated rings. The predicted octanol–water partition coefficient (Wildman–Crippen LogP) is 2.32. The van der Waals surface area contributed by atoms with Crippen molar-refractivity contribution in [3.8, 4) is 0 Å². The number of nitrogens with zero attached hydrogens (tertiary/aromatic N) is 1. The molecule has 90 valence electrons. The SMILES string of the molecule is Cc1ccc(C(CN)N2CC(C)CC2C)o1. The van der Waals surface area contributed by atoms with Crippen LogP contribution in [0.5, 0.6) is 0 Å². The molecule has 0 saturated carbocycles. The van der Waals surface area contributed by atoms with E-state index in [0.29, 0.717) is 12.6 Å². The minimum atomic E-state index is 0.244. The van der Waals surface area contributed by atoms with Gasteiger partial charge in [0.15, 0.2) is 0 Å². The molecule has 0 amide bonds. The van der Waals surface area contributed by atoms with Crippen LogP contribution in [0.4, 0.5) is 0 Å². The number of rotatable bonds is 3. The summed E-state index contributed by atoms with van der Waals surface area (Å²) in [6.45, 7) is 8.32. The first-order valence-electron chi connectivity index (χ1n) is 6.14. The molecule has 0 spiro atoms. The summed E-state index contributed by atoms with van der Waals surface area (Å²) >= 11 is 0. The van der Waals surface area contributed by atoms with Gasteiger partial charge in [0.1, 0.15) is 11.5 Å². The molecule has 1 aromatic rings. The lowest BCUT2D eigenvalue weighted by molar-refractivity contribution is 0.169. The lowest BCUT2D eigenvalue weighted by Gasteiger charge is -2.29. The summed E-state index contributed by atoms with van der Waals surface area (Å²) < 4.78 is 5.71. The first-order chi connectivity index (χ1) is 7.61. The van der Waals surface area contributed by atoms with Crippen LogP contribution in [-0.4, -0.2) is 24.0 Å². The van der Waals surface area contributed by atoms with E-state index in [0.717, 1.165) is 24.0 Å². The highest BCUT2D eigenvalue weighted by atomic mass is 16.3. The highest BCUT2D eigenvalue weighted by Gasteiger charge is 2.33. The highest BCUT2D eigenvalue weighted by Crippen LogP contribution is 2.32. The first kappa shape index (κ1) is 11.7. The molecule has 1 aromatic heterocycles. The molecule has 1 aliphatic heterocycles. The highest BCUT2D eigenvalue weighted by molar-refractivity contribution is 5.11. The maximum atomic E-state index is 5.90. The Bertz CT molecular complexity index is 347. The normalized spacial score (nSPS) is 28.5. The standard InChI is InChI=1S/C13H22N2O/c1-9-6-10(2)15(8-9)12(7-14)13-5-4-11(3)16-13/h4-5,9-10,12H,6-8,14H2,1-3H3. The fourth-order valence-corrected chi connectivity index (χ4v) is 2.81. The third kappa shape index (κ3) is 2.15. The monoisotopic (exact) mass is 222 g/mol. The Hall–Kier alpha value is -0.800. The minimum Gasteiger partial charge on any atom is -0.465 e. The van der Waals surface area contributed by atoms with Gasteiger partial charge in [-0.25, -0.2) is 0 Å². The summed E-state index contributed by atoms with van der Waals surface area (Å²) in [6.07, 6.45) is 1.26. The number of aryl methyl sites for hydroxylation is 1. The molecule has 3 nitrogen and oxygen atoms in total. The van der Waals surface area contributed by atoms with E-state index in [9.17, 15) is 0 Å². The average Bonchev–Trinajstić information content (AvgIpc) is 2.76.